The van der Waals surface area contributed by atoms with E-state index >= 15 is 0 Å². The fraction of sp³-hybridized carbons (Fsp3) is 0.727. The molecule has 7 atom stereocenters. The zero-order valence-electron chi connectivity index (χ0n) is 17.8. The first kappa shape index (κ1) is 23.3. The second-order valence-corrected chi connectivity index (χ2v) is 8.76. The lowest BCUT2D eigenvalue weighted by molar-refractivity contribution is -0.191. The molecule has 0 spiro atoms. The van der Waals surface area contributed by atoms with Crippen LogP contribution in [0.15, 0.2) is 30.3 Å². The summed E-state index contributed by atoms with van der Waals surface area (Å²) in [5.74, 6) is -1.53. The average Bonchev–Trinajstić information content (AvgIpc) is 2.92. The number of ether oxygens (including phenoxy) is 3. The van der Waals surface area contributed by atoms with E-state index in [4.69, 9.17) is 14.2 Å². The molecule has 160 valence electrons. The van der Waals surface area contributed by atoms with Crippen LogP contribution in [-0.2, 0) is 20.8 Å². The maximum absolute atomic E-state index is 10.9. The van der Waals surface area contributed by atoms with Gasteiger partial charge in [-0.3, -0.25) is 0 Å². The van der Waals surface area contributed by atoms with Gasteiger partial charge in [0.15, 0.2) is 5.79 Å². The molecule has 6 heteroatoms. The van der Waals surface area contributed by atoms with Crippen molar-refractivity contribution < 1.29 is 29.5 Å². The third-order valence-corrected chi connectivity index (χ3v) is 5.60. The molecule has 28 heavy (non-hydrogen) atoms. The van der Waals surface area contributed by atoms with E-state index in [0.29, 0.717) is 6.61 Å². The summed E-state index contributed by atoms with van der Waals surface area (Å²) in [5.41, 5.74) is -0.676. The van der Waals surface area contributed by atoms with Crippen molar-refractivity contribution >= 4 is 0 Å². The van der Waals surface area contributed by atoms with Crippen LogP contribution in [0.1, 0.15) is 47.1 Å². The molecule has 1 aromatic carbocycles. The summed E-state index contributed by atoms with van der Waals surface area (Å²) in [5, 5.41) is 32.5. The summed E-state index contributed by atoms with van der Waals surface area (Å²) in [7, 11) is 0. The van der Waals surface area contributed by atoms with Gasteiger partial charge in [0.2, 0.25) is 0 Å². The zero-order chi connectivity index (χ0) is 21.1. The number of hydrogen-bond donors (Lipinski definition) is 3. The standard InChI is InChI=1S/C22H36O6/c1-14(12-26-13-17-10-8-7-9-11-17)19(23)22(6,25)20(24)15(2)18-16(3)27-21(4,5)28-18/h7-11,14-16,18-20,23-25H,12-13H2,1-6H3/t14-,15-,16-,18-,19-,20+,22+/m0/s1. The molecular formula is C22H36O6. The predicted molar refractivity (Wildman–Crippen MR) is 107 cm³/mol. The zero-order valence-corrected chi connectivity index (χ0v) is 17.8. The Labute approximate surface area is 168 Å². The second-order valence-electron chi connectivity index (χ2n) is 8.76. The van der Waals surface area contributed by atoms with E-state index in [9.17, 15) is 15.3 Å². The smallest absolute Gasteiger partial charge is 0.163 e. The molecule has 0 aliphatic carbocycles. The molecule has 0 bridgehead atoms. The van der Waals surface area contributed by atoms with Gasteiger partial charge >= 0.3 is 0 Å². The lowest BCUT2D eigenvalue weighted by Gasteiger charge is -2.40. The molecule has 2 rings (SSSR count). The van der Waals surface area contributed by atoms with Crippen LogP contribution in [0, 0.1) is 11.8 Å². The third kappa shape index (κ3) is 5.53. The van der Waals surface area contributed by atoms with Gasteiger partial charge in [-0.15, -0.1) is 0 Å². The minimum Gasteiger partial charge on any atom is -0.390 e. The number of aliphatic hydroxyl groups is 3. The van der Waals surface area contributed by atoms with Crippen molar-refractivity contribution in [1.82, 2.24) is 0 Å². The van der Waals surface area contributed by atoms with Crippen LogP contribution in [-0.4, -0.2) is 57.7 Å². The van der Waals surface area contributed by atoms with Gasteiger partial charge in [0, 0.05) is 11.8 Å². The molecule has 6 nitrogen and oxygen atoms in total. The van der Waals surface area contributed by atoms with Gasteiger partial charge in [-0.05, 0) is 33.3 Å². The molecule has 1 aliphatic heterocycles. The van der Waals surface area contributed by atoms with Gasteiger partial charge in [0.05, 0.1) is 37.6 Å². The summed E-state index contributed by atoms with van der Waals surface area (Å²) in [6, 6.07) is 9.76. The Hall–Kier alpha value is -1.02. The second kappa shape index (κ2) is 9.20. The Balaban J connectivity index is 1.93. The highest BCUT2D eigenvalue weighted by Gasteiger charge is 2.49. The summed E-state index contributed by atoms with van der Waals surface area (Å²) in [6.45, 7) is 11.3. The van der Waals surface area contributed by atoms with Gasteiger partial charge in [0.25, 0.3) is 0 Å². The van der Waals surface area contributed by atoms with Crippen LogP contribution in [0.4, 0.5) is 0 Å². The Morgan fingerprint density at radius 3 is 2.25 bits per heavy atom. The van der Waals surface area contributed by atoms with E-state index in [2.05, 4.69) is 0 Å². The van der Waals surface area contributed by atoms with Crippen LogP contribution in [0.25, 0.3) is 0 Å². The molecule has 1 fully saturated rings. The third-order valence-electron chi connectivity index (χ3n) is 5.60. The highest BCUT2D eigenvalue weighted by atomic mass is 16.8. The van der Waals surface area contributed by atoms with E-state index in [-0.39, 0.29) is 24.7 Å². The topological polar surface area (TPSA) is 88.4 Å². The molecule has 0 unspecified atom stereocenters. The van der Waals surface area contributed by atoms with E-state index in [0.717, 1.165) is 5.56 Å². The van der Waals surface area contributed by atoms with Crippen molar-refractivity contribution in [1.29, 1.82) is 0 Å². The van der Waals surface area contributed by atoms with E-state index in [1.807, 2.05) is 51.1 Å². The predicted octanol–water partition coefficient (Wildman–Crippen LogP) is 2.49. The Bertz CT molecular complexity index is 602. The number of hydrogen-bond acceptors (Lipinski definition) is 6. The largest absolute Gasteiger partial charge is 0.390 e. The normalized spacial score (nSPS) is 28.3. The molecule has 1 aromatic rings. The van der Waals surface area contributed by atoms with Crippen molar-refractivity contribution in [2.45, 2.75) is 84.0 Å². The summed E-state index contributed by atoms with van der Waals surface area (Å²) < 4.78 is 17.3. The Morgan fingerprint density at radius 1 is 1.11 bits per heavy atom. The Kier molecular flexibility index (Phi) is 7.64. The van der Waals surface area contributed by atoms with Crippen molar-refractivity contribution in [2.75, 3.05) is 6.61 Å². The van der Waals surface area contributed by atoms with Gasteiger partial charge in [-0.1, -0.05) is 44.2 Å². The SMILES string of the molecule is C[C@@H]([C@@H]1OC(C)(C)O[C@H]1C)[C@@H](O)[C@](C)(O)[C@@H](O)[C@@H](C)COCc1ccccc1. The van der Waals surface area contributed by atoms with Gasteiger partial charge in [-0.25, -0.2) is 0 Å². The highest BCUT2D eigenvalue weighted by molar-refractivity contribution is 5.13. The highest BCUT2D eigenvalue weighted by Crippen LogP contribution is 2.36. The first-order valence-corrected chi connectivity index (χ1v) is 10.0. The molecule has 0 radical (unpaired) electrons. The summed E-state index contributed by atoms with van der Waals surface area (Å²) in [4.78, 5) is 0. The van der Waals surface area contributed by atoms with Crippen molar-refractivity contribution in [2.24, 2.45) is 11.8 Å². The fourth-order valence-corrected chi connectivity index (χ4v) is 3.99. The number of aliphatic hydroxyl groups excluding tert-OH is 2. The molecule has 0 amide bonds. The van der Waals surface area contributed by atoms with Crippen LogP contribution >= 0.6 is 0 Å². The first-order valence-electron chi connectivity index (χ1n) is 10.0. The molecule has 0 aromatic heterocycles. The maximum atomic E-state index is 10.9. The molecule has 1 aliphatic rings. The lowest BCUT2D eigenvalue weighted by atomic mass is 9.78. The molecule has 0 saturated carbocycles. The average molecular weight is 397 g/mol. The fourth-order valence-electron chi connectivity index (χ4n) is 3.99. The minimum absolute atomic E-state index is 0.223. The summed E-state index contributed by atoms with van der Waals surface area (Å²) in [6.07, 6.45) is -2.96. The quantitative estimate of drug-likeness (QED) is 0.594. The van der Waals surface area contributed by atoms with Gasteiger partial charge in [0.1, 0.15) is 5.60 Å². The van der Waals surface area contributed by atoms with Crippen molar-refractivity contribution in [3.63, 3.8) is 0 Å². The molecule has 3 N–H and O–H groups in total. The van der Waals surface area contributed by atoms with E-state index in [1.54, 1.807) is 13.8 Å². The Morgan fingerprint density at radius 2 is 1.71 bits per heavy atom. The number of benzene rings is 1. The molecule has 1 saturated heterocycles. The van der Waals surface area contributed by atoms with Crippen LogP contribution in [0.2, 0.25) is 0 Å². The van der Waals surface area contributed by atoms with Crippen LogP contribution in [0.5, 0.6) is 0 Å². The minimum atomic E-state index is -1.72. The number of rotatable bonds is 9. The van der Waals surface area contributed by atoms with Crippen molar-refractivity contribution in [3.05, 3.63) is 35.9 Å². The van der Waals surface area contributed by atoms with E-state index in [1.165, 1.54) is 6.92 Å². The molecular weight excluding hydrogens is 360 g/mol. The lowest BCUT2D eigenvalue weighted by Crippen LogP contribution is -2.57. The first-order chi connectivity index (χ1) is 13.0. The van der Waals surface area contributed by atoms with E-state index < -0.39 is 29.5 Å². The van der Waals surface area contributed by atoms with Crippen LogP contribution in [0.3, 0.4) is 0 Å². The van der Waals surface area contributed by atoms with Gasteiger partial charge in [-0.2, -0.15) is 0 Å². The summed E-state index contributed by atoms with van der Waals surface area (Å²) >= 11 is 0. The van der Waals surface area contributed by atoms with Gasteiger partial charge < -0.3 is 29.5 Å². The van der Waals surface area contributed by atoms with Crippen molar-refractivity contribution in [3.8, 4) is 0 Å². The van der Waals surface area contributed by atoms with Crippen LogP contribution < -0.4 is 0 Å². The maximum Gasteiger partial charge on any atom is 0.163 e. The molecule has 1 heterocycles. The monoisotopic (exact) mass is 396 g/mol.